The summed E-state index contributed by atoms with van der Waals surface area (Å²) in [5, 5.41) is 0. The summed E-state index contributed by atoms with van der Waals surface area (Å²) in [5.74, 6) is 0.168. The molecule has 1 heterocycles. The van der Waals surface area contributed by atoms with Gasteiger partial charge in [0, 0.05) is 32.7 Å². The SMILES string of the molecule is CCS(=O)(=O)NCCCN1CCN(C)CC1. The molecular formula is C10H23N3O2S. The number of nitrogens with zero attached hydrogens (tertiary/aromatic N) is 2. The van der Waals surface area contributed by atoms with E-state index in [1.807, 2.05) is 0 Å². The highest BCUT2D eigenvalue weighted by atomic mass is 32.2. The van der Waals surface area contributed by atoms with Gasteiger partial charge in [0.15, 0.2) is 0 Å². The molecule has 1 aliphatic rings. The molecule has 6 heteroatoms. The number of hydrogen-bond donors (Lipinski definition) is 1. The normalized spacial score (nSPS) is 20.1. The molecule has 0 aliphatic carbocycles. The van der Waals surface area contributed by atoms with Gasteiger partial charge in [0.25, 0.3) is 0 Å². The average Bonchev–Trinajstić information content (AvgIpc) is 2.27. The monoisotopic (exact) mass is 249 g/mol. The van der Waals surface area contributed by atoms with Crippen LogP contribution < -0.4 is 4.72 Å². The fourth-order valence-electron chi connectivity index (χ4n) is 1.70. The van der Waals surface area contributed by atoms with E-state index in [4.69, 9.17) is 0 Å². The first-order valence-electron chi connectivity index (χ1n) is 5.92. The summed E-state index contributed by atoms with van der Waals surface area (Å²) in [5.41, 5.74) is 0. The third-order valence-electron chi connectivity index (χ3n) is 2.95. The number of rotatable bonds is 6. The molecule has 0 amide bonds. The number of likely N-dealkylation sites (N-methyl/N-ethyl adjacent to an activating group) is 1. The second-order valence-corrected chi connectivity index (χ2v) is 6.39. The van der Waals surface area contributed by atoms with Gasteiger partial charge in [-0.1, -0.05) is 0 Å². The van der Waals surface area contributed by atoms with Crippen molar-refractivity contribution in [2.24, 2.45) is 0 Å². The quantitative estimate of drug-likeness (QED) is 0.649. The summed E-state index contributed by atoms with van der Waals surface area (Å²) in [4.78, 5) is 4.70. The van der Waals surface area contributed by atoms with Crippen LogP contribution in [0.1, 0.15) is 13.3 Å². The summed E-state index contributed by atoms with van der Waals surface area (Å²) in [6.45, 7) is 7.61. The smallest absolute Gasteiger partial charge is 0.211 e. The average molecular weight is 249 g/mol. The molecule has 0 saturated carbocycles. The number of hydrogen-bond acceptors (Lipinski definition) is 4. The van der Waals surface area contributed by atoms with Crippen LogP contribution in [0.5, 0.6) is 0 Å². The minimum Gasteiger partial charge on any atom is -0.304 e. The van der Waals surface area contributed by atoms with E-state index in [1.54, 1.807) is 6.92 Å². The lowest BCUT2D eigenvalue weighted by atomic mass is 10.3. The van der Waals surface area contributed by atoms with Crippen molar-refractivity contribution < 1.29 is 8.42 Å². The van der Waals surface area contributed by atoms with Crippen LogP contribution in [0, 0.1) is 0 Å². The molecule has 0 unspecified atom stereocenters. The molecule has 0 atom stereocenters. The Labute approximate surface area is 98.8 Å². The standard InChI is InChI=1S/C10H23N3O2S/c1-3-16(14,15)11-5-4-6-13-9-7-12(2)8-10-13/h11H,3-10H2,1-2H3. The maximum absolute atomic E-state index is 11.2. The van der Waals surface area contributed by atoms with E-state index in [1.165, 1.54) is 0 Å². The van der Waals surface area contributed by atoms with Gasteiger partial charge in [-0.15, -0.1) is 0 Å². The van der Waals surface area contributed by atoms with Gasteiger partial charge in [-0.3, -0.25) is 0 Å². The van der Waals surface area contributed by atoms with Crippen molar-refractivity contribution >= 4 is 10.0 Å². The predicted octanol–water partition coefficient (Wildman–Crippen LogP) is -0.437. The van der Waals surface area contributed by atoms with Gasteiger partial charge in [-0.25, -0.2) is 13.1 Å². The van der Waals surface area contributed by atoms with Crippen molar-refractivity contribution in [2.45, 2.75) is 13.3 Å². The molecule has 16 heavy (non-hydrogen) atoms. The van der Waals surface area contributed by atoms with E-state index >= 15 is 0 Å². The highest BCUT2D eigenvalue weighted by Gasteiger charge is 2.13. The van der Waals surface area contributed by atoms with Gasteiger partial charge in [0.05, 0.1) is 5.75 Å². The number of sulfonamides is 1. The molecule has 96 valence electrons. The molecule has 0 radical (unpaired) electrons. The second-order valence-electron chi connectivity index (χ2n) is 4.30. The first kappa shape index (κ1) is 13.9. The zero-order chi connectivity index (χ0) is 12.0. The fourth-order valence-corrected chi connectivity index (χ4v) is 2.36. The zero-order valence-corrected chi connectivity index (χ0v) is 11.1. The Morgan fingerprint density at radius 2 is 1.81 bits per heavy atom. The summed E-state index contributed by atoms with van der Waals surface area (Å²) < 4.78 is 24.9. The highest BCUT2D eigenvalue weighted by Crippen LogP contribution is 1.99. The van der Waals surface area contributed by atoms with Crippen LogP contribution in [0.4, 0.5) is 0 Å². The number of nitrogens with one attached hydrogen (secondary N) is 1. The van der Waals surface area contributed by atoms with Gasteiger partial charge in [-0.05, 0) is 26.9 Å². The first-order chi connectivity index (χ1) is 7.53. The van der Waals surface area contributed by atoms with Crippen LogP contribution in [0.25, 0.3) is 0 Å². The van der Waals surface area contributed by atoms with Crippen molar-refractivity contribution in [1.82, 2.24) is 14.5 Å². The Kier molecular flexibility index (Phi) is 5.68. The Morgan fingerprint density at radius 1 is 1.19 bits per heavy atom. The third-order valence-corrected chi connectivity index (χ3v) is 4.35. The first-order valence-corrected chi connectivity index (χ1v) is 7.57. The summed E-state index contributed by atoms with van der Waals surface area (Å²) >= 11 is 0. The van der Waals surface area contributed by atoms with Crippen LogP contribution in [-0.2, 0) is 10.0 Å². The summed E-state index contributed by atoms with van der Waals surface area (Å²) in [7, 11) is -0.876. The molecule has 1 rings (SSSR count). The third kappa shape index (κ3) is 5.25. The molecule has 5 nitrogen and oxygen atoms in total. The second kappa shape index (κ2) is 6.54. The van der Waals surface area contributed by atoms with Crippen LogP contribution in [0.2, 0.25) is 0 Å². The van der Waals surface area contributed by atoms with E-state index in [2.05, 4.69) is 21.6 Å². The molecule has 0 aromatic rings. The van der Waals surface area contributed by atoms with Crippen LogP contribution >= 0.6 is 0 Å². The van der Waals surface area contributed by atoms with Crippen molar-refractivity contribution in [2.75, 3.05) is 52.1 Å². The fraction of sp³-hybridized carbons (Fsp3) is 1.00. The van der Waals surface area contributed by atoms with Gasteiger partial charge in [-0.2, -0.15) is 0 Å². The van der Waals surface area contributed by atoms with Crippen molar-refractivity contribution in [3.8, 4) is 0 Å². The minimum absolute atomic E-state index is 0.168. The maximum atomic E-state index is 11.2. The van der Waals surface area contributed by atoms with Gasteiger partial charge < -0.3 is 9.80 Å². The lowest BCUT2D eigenvalue weighted by Crippen LogP contribution is -2.45. The molecule has 0 bridgehead atoms. The van der Waals surface area contributed by atoms with E-state index in [0.717, 1.165) is 39.1 Å². The van der Waals surface area contributed by atoms with E-state index < -0.39 is 10.0 Å². The van der Waals surface area contributed by atoms with Crippen LogP contribution in [0.15, 0.2) is 0 Å². The predicted molar refractivity (Wildman–Crippen MR) is 66.0 cm³/mol. The van der Waals surface area contributed by atoms with Gasteiger partial charge in [0.2, 0.25) is 10.0 Å². The lowest BCUT2D eigenvalue weighted by Gasteiger charge is -2.32. The van der Waals surface area contributed by atoms with Crippen molar-refractivity contribution in [1.29, 1.82) is 0 Å². The Balaban J connectivity index is 2.08. The van der Waals surface area contributed by atoms with E-state index in [9.17, 15) is 8.42 Å². The van der Waals surface area contributed by atoms with E-state index in [-0.39, 0.29) is 5.75 Å². The molecule has 0 aromatic heterocycles. The number of piperazine rings is 1. The summed E-state index contributed by atoms with van der Waals surface area (Å²) in [6, 6.07) is 0. The molecule has 1 N–H and O–H groups in total. The Hall–Kier alpha value is -0.170. The molecule has 0 spiro atoms. The molecule has 1 aliphatic heterocycles. The Bertz CT molecular complexity index is 284. The topological polar surface area (TPSA) is 52.7 Å². The highest BCUT2D eigenvalue weighted by molar-refractivity contribution is 7.89. The largest absolute Gasteiger partial charge is 0.304 e. The van der Waals surface area contributed by atoms with Crippen LogP contribution in [-0.4, -0.2) is 70.3 Å². The molecule has 0 aromatic carbocycles. The summed E-state index contributed by atoms with van der Waals surface area (Å²) in [6.07, 6.45) is 0.892. The van der Waals surface area contributed by atoms with Gasteiger partial charge in [0.1, 0.15) is 0 Å². The van der Waals surface area contributed by atoms with Crippen LogP contribution in [0.3, 0.4) is 0 Å². The Morgan fingerprint density at radius 3 is 2.38 bits per heavy atom. The van der Waals surface area contributed by atoms with Crippen molar-refractivity contribution in [3.63, 3.8) is 0 Å². The van der Waals surface area contributed by atoms with Gasteiger partial charge >= 0.3 is 0 Å². The molecule has 1 saturated heterocycles. The molecule has 1 fully saturated rings. The minimum atomic E-state index is -3.01. The zero-order valence-electron chi connectivity index (χ0n) is 10.3. The maximum Gasteiger partial charge on any atom is 0.211 e. The molecular weight excluding hydrogens is 226 g/mol. The lowest BCUT2D eigenvalue weighted by molar-refractivity contribution is 0.153. The van der Waals surface area contributed by atoms with Crippen molar-refractivity contribution in [3.05, 3.63) is 0 Å². The van der Waals surface area contributed by atoms with E-state index in [0.29, 0.717) is 6.54 Å².